The van der Waals surface area contributed by atoms with Gasteiger partial charge in [-0.05, 0) is 67.6 Å². The summed E-state index contributed by atoms with van der Waals surface area (Å²) in [6.07, 6.45) is 6.39. The van der Waals surface area contributed by atoms with Crippen molar-refractivity contribution < 1.29 is 9.53 Å². The molecule has 2 aliphatic rings. The number of carbonyl (C=O) groups excluding carboxylic acids is 1. The minimum absolute atomic E-state index is 0.0354. The molecule has 0 bridgehead atoms. The molecule has 1 aliphatic carbocycles. The Kier molecular flexibility index (Phi) is 5.19. The fraction of sp³-hybridized carbons (Fsp3) is 0.375. The van der Waals surface area contributed by atoms with Gasteiger partial charge in [0.1, 0.15) is 18.4 Å². The Bertz CT molecular complexity index is 1060. The van der Waals surface area contributed by atoms with Gasteiger partial charge in [0, 0.05) is 12.6 Å². The molecule has 1 saturated carbocycles. The van der Waals surface area contributed by atoms with Crippen LogP contribution in [0.4, 0.5) is 0 Å². The zero-order valence-corrected chi connectivity index (χ0v) is 17.7. The monoisotopic (exact) mass is 417 g/mol. The molecule has 2 aromatic carbocycles. The van der Waals surface area contributed by atoms with Crippen LogP contribution in [0.3, 0.4) is 0 Å². The average molecular weight is 418 g/mol. The van der Waals surface area contributed by atoms with Gasteiger partial charge in [0.25, 0.3) is 5.91 Å². The van der Waals surface area contributed by atoms with Gasteiger partial charge in [0.05, 0.1) is 18.4 Å². The molecule has 1 amide bonds. The second-order valence-electron chi connectivity index (χ2n) is 8.58. The molecular formula is C24H27N5O2. The zero-order chi connectivity index (χ0) is 21.3. The number of amides is 1. The third-order valence-corrected chi connectivity index (χ3v) is 6.70. The molecule has 0 radical (unpaired) electrons. The Balaban J connectivity index is 1.18. The summed E-state index contributed by atoms with van der Waals surface area (Å²) in [5.74, 6) is 0.869. The zero-order valence-electron chi connectivity index (χ0n) is 17.7. The van der Waals surface area contributed by atoms with Crippen molar-refractivity contribution in [1.82, 2.24) is 25.0 Å². The molecule has 1 saturated heterocycles. The number of hydrogen-bond acceptors (Lipinski definition) is 5. The molecule has 1 aromatic heterocycles. The first-order valence-corrected chi connectivity index (χ1v) is 10.8. The fourth-order valence-electron chi connectivity index (χ4n) is 4.72. The first-order valence-electron chi connectivity index (χ1n) is 10.8. The van der Waals surface area contributed by atoms with E-state index in [-0.39, 0.29) is 17.4 Å². The predicted molar refractivity (Wildman–Crippen MR) is 117 cm³/mol. The molecule has 1 atom stereocenters. The van der Waals surface area contributed by atoms with Crippen molar-refractivity contribution in [2.75, 3.05) is 20.2 Å². The molecule has 1 unspecified atom stereocenters. The summed E-state index contributed by atoms with van der Waals surface area (Å²) < 4.78 is 6.97. The summed E-state index contributed by atoms with van der Waals surface area (Å²) in [6, 6.07) is 16.1. The predicted octanol–water partition coefficient (Wildman–Crippen LogP) is 3.06. The van der Waals surface area contributed by atoms with E-state index in [1.807, 2.05) is 36.4 Å². The lowest BCUT2D eigenvalue weighted by Gasteiger charge is -2.33. The van der Waals surface area contributed by atoms with E-state index in [0.717, 1.165) is 50.3 Å². The third kappa shape index (κ3) is 4.05. The molecule has 3 aromatic rings. The molecule has 31 heavy (non-hydrogen) atoms. The van der Waals surface area contributed by atoms with Crippen LogP contribution in [0, 0.1) is 5.41 Å². The number of nitrogens with zero attached hydrogens (tertiary/aromatic N) is 4. The van der Waals surface area contributed by atoms with Gasteiger partial charge in [-0.25, -0.2) is 9.67 Å². The van der Waals surface area contributed by atoms with Gasteiger partial charge in [-0.2, -0.15) is 5.10 Å². The smallest absolute Gasteiger partial charge is 0.253 e. The Morgan fingerprint density at radius 3 is 2.81 bits per heavy atom. The summed E-state index contributed by atoms with van der Waals surface area (Å²) >= 11 is 0. The molecule has 2 fully saturated rings. The number of para-hydroxylation sites is 1. The van der Waals surface area contributed by atoms with Crippen molar-refractivity contribution in [2.24, 2.45) is 5.41 Å². The van der Waals surface area contributed by atoms with Crippen molar-refractivity contribution in [1.29, 1.82) is 0 Å². The van der Waals surface area contributed by atoms with E-state index in [9.17, 15) is 4.79 Å². The number of likely N-dealkylation sites (tertiary alicyclic amines) is 1. The summed E-state index contributed by atoms with van der Waals surface area (Å²) in [5, 5.41) is 7.45. The van der Waals surface area contributed by atoms with Crippen LogP contribution in [0.25, 0.3) is 5.69 Å². The van der Waals surface area contributed by atoms with Gasteiger partial charge in [-0.1, -0.05) is 24.3 Å². The van der Waals surface area contributed by atoms with Gasteiger partial charge in [-0.3, -0.25) is 9.69 Å². The van der Waals surface area contributed by atoms with E-state index >= 15 is 0 Å². The van der Waals surface area contributed by atoms with Crippen molar-refractivity contribution in [3.8, 4) is 11.4 Å². The number of hydrogen-bond donors (Lipinski definition) is 1. The van der Waals surface area contributed by atoms with Gasteiger partial charge >= 0.3 is 0 Å². The highest BCUT2D eigenvalue weighted by Gasteiger charge is 2.55. The Hall–Kier alpha value is -3.19. The van der Waals surface area contributed by atoms with Crippen LogP contribution in [0.1, 0.15) is 35.2 Å². The van der Waals surface area contributed by atoms with E-state index in [0.29, 0.717) is 5.56 Å². The van der Waals surface area contributed by atoms with Gasteiger partial charge < -0.3 is 10.1 Å². The highest BCUT2D eigenvalue weighted by molar-refractivity contribution is 5.98. The lowest BCUT2D eigenvalue weighted by atomic mass is 9.92. The molecule has 1 spiro atoms. The normalized spacial score (nSPS) is 19.8. The first-order chi connectivity index (χ1) is 15.2. The summed E-state index contributed by atoms with van der Waals surface area (Å²) in [5.41, 5.74) is 2.91. The maximum absolute atomic E-state index is 13.0. The minimum atomic E-state index is -0.0354. The number of methoxy groups -OCH3 is 1. The number of rotatable bonds is 6. The van der Waals surface area contributed by atoms with Crippen LogP contribution in [-0.4, -0.2) is 51.8 Å². The summed E-state index contributed by atoms with van der Waals surface area (Å²) in [4.78, 5) is 19.5. The van der Waals surface area contributed by atoms with E-state index in [1.165, 1.54) is 11.9 Å². The number of carbonyl (C=O) groups is 1. The highest BCUT2D eigenvalue weighted by Crippen LogP contribution is 2.54. The van der Waals surface area contributed by atoms with Crippen molar-refractivity contribution in [2.45, 2.75) is 31.8 Å². The Morgan fingerprint density at radius 1 is 1.19 bits per heavy atom. The topological polar surface area (TPSA) is 72.3 Å². The number of benzene rings is 2. The van der Waals surface area contributed by atoms with Crippen molar-refractivity contribution >= 4 is 5.91 Å². The van der Waals surface area contributed by atoms with E-state index in [1.54, 1.807) is 18.1 Å². The quantitative estimate of drug-likeness (QED) is 0.667. The van der Waals surface area contributed by atoms with Crippen LogP contribution >= 0.6 is 0 Å². The van der Waals surface area contributed by atoms with Gasteiger partial charge in [0.15, 0.2) is 0 Å². The van der Waals surface area contributed by atoms with E-state index in [2.05, 4.69) is 32.4 Å². The maximum atomic E-state index is 13.0. The van der Waals surface area contributed by atoms with Crippen molar-refractivity contribution in [3.63, 3.8) is 0 Å². The minimum Gasteiger partial charge on any atom is -0.497 e. The molecule has 2 heterocycles. The third-order valence-electron chi connectivity index (χ3n) is 6.70. The van der Waals surface area contributed by atoms with Crippen LogP contribution in [-0.2, 0) is 6.54 Å². The highest BCUT2D eigenvalue weighted by atomic mass is 16.5. The molecule has 7 nitrogen and oxygen atoms in total. The first kappa shape index (κ1) is 19.8. The molecule has 1 N–H and O–H groups in total. The molecule has 5 rings (SSSR count). The number of nitrogens with one attached hydrogen (secondary N) is 1. The number of aromatic nitrogens is 3. The van der Waals surface area contributed by atoms with Gasteiger partial charge in [0.2, 0.25) is 0 Å². The lowest BCUT2D eigenvalue weighted by molar-refractivity contribution is 0.0934. The second-order valence-corrected chi connectivity index (χ2v) is 8.58. The summed E-state index contributed by atoms with van der Waals surface area (Å²) in [6.45, 7) is 3.05. The largest absolute Gasteiger partial charge is 0.497 e. The molecule has 7 heteroatoms. The fourth-order valence-corrected chi connectivity index (χ4v) is 4.72. The lowest BCUT2D eigenvalue weighted by Crippen LogP contribution is -2.38. The number of piperidine rings is 1. The van der Waals surface area contributed by atoms with Crippen LogP contribution < -0.4 is 10.1 Å². The molecular weight excluding hydrogens is 390 g/mol. The van der Waals surface area contributed by atoms with Gasteiger partial charge in [-0.15, -0.1) is 0 Å². The Morgan fingerprint density at radius 2 is 2.03 bits per heavy atom. The molecule has 160 valence electrons. The Labute approximate surface area is 182 Å². The van der Waals surface area contributed by atoms with Crippen LogP contribution in [0.2, 0.25) is 0 Å². The molecule has 1 aliphatic heterocycles. The summed E-state index contributed by atoms with van der Waals surface area (Å²) in [7, 11) is 1.70. The van der Waals surface area contributed by atoms with E-state index in [4.69, 9.17) is 4.74 Å². The van der Waals surface area contributed by atoms with Crippen LogP contribution in [0.15, 0.2) is 61.2 Å². The number of ether oxygens (including phenoxy) is 1. The van der Waals surface area contributed by atoms with Crippen molar-refractivity contribution in [3.05, 3.63) is 72.3 Å². The second kappa shape index (κ2) is 8.15. The standard InChI is InChI=1S/C24H27N5O2/c1-31-19-6-4-5-18(13-19)15-28-11-9-24(10-12-28)14-22(24)27-23(30)20-7-2-3-8-21(20)29-17-25-16-26-29/h2-8,13,16-17,22H,9-12,14-15H2,1H3,(H,27,30). The van der Waals surface area contributed by atoms with E-state index < -0.39 is 0 Å². The maximum Gasteiger partial charge on any atom is 0.253 e. The average Bonchev–Trinajstić information content (AvgIpc) is 3.20. The SMILES string of the molecule is COc1cccc(CN2CCC3(CC2)CC3NC(=O)c2ccccc2-n2cncn2)c1. The van der Waals surface area contributed by atoms with Crippen LogP contribution in [0.5, 0.6) is 5.75 Å².